The van der Waals surface area contributed by atoms with Gasteiger partial charge in [-0.1, -0.05) is 11.6 Å². The molecule has 14 heavy (non-hydrogen) atoms. The molecule has 1 aromatic heterocycles. The molecular formula is C9H13BrClN3. The maximum Gasteiger partial charge on any atom is 0.142 e. The largest absolute Gasteiger partial charge is 0.355 e. The molecule has 1 unspecified atom stereocenters. The molecule has 0 saturated heterocycles. The second-order valence-corrected chi connectivity index (χ2v) is 4.45. The lowest BCUT2D eigenvalue weighted by molar-refractivity contribution is 0.686. The van der Waals surface area contributed by atoms with Crippen molar-refractivity contribution < 1.29 is 0 Å². The lowest BCUT2D eigenvalue weighted by Gasteiger charge is -2.25. The molecule has 0 radical (unpaired) electrons. The standard InChI is InChI=1S/C9H13BrClN3/c1-6(4-12)14(2)9-8(10)3-7(11)5-13-9/h3,5-6H,4,12H2,1-2H3. The maximum atomic E-state index is 5.80. The van der Waals surface area contributed by atoms with E-state index in [2.05, 4.69) is 20.9 Å². The van der Waals surface area contributed by atoms with Crippen molar-refractivity contribution in [3.63, 3.8) is 0 Å². The van der Waals surface area contributed by atoms with Gasteiger partial charge in [0.15, 0.2) is 0 Å². The number of rotatable bonds is 3. The summed E-state index contributed by atoms with van der Waals surface area (Å²) in [5.74, 6) is 0.854. The van der Waals surface area contributed by atoms with Crippen molar-refractivity contribution in [3.05, 3.63) is 21.8 Å². The van der Waals surface area contributed by atoms with Crippen LogP contribution >= 0.6 is 27.5 Å². The van der Waals surface area contributed by atoms with Crippen molar-refractivity contribution >= 4 is 33.3 Å². The molecule has 0 aliphatic carbocycles. The summed E-state index contributed by atoms with van der Waals surface area (Å²) in [4.78, 5) is 6.25. The summed E-state index contributed by atoms with van der Waals surface area (Å²) in [5, 5.41) is 0.620. The third kappa shape index (κ3) is 2.59. The summed E-state index contributed by atoms with van der Waals surface area (Å²) >= 11 is 9.22. The van der Waals surface area contributed by atoms with Crippen LogP contribution < -0.4 is 10.6 Å². The van der Waals surface area contributed by atoms with Crippen LogP contribution in [0.2, 0.25) is 5.02 Å². The van der Waals surface area contributed by atoms with E-state index in [1.807, 2.05) is 24.9 Å². The Balaban J connectivity index is 2.95. The Hall–Kier alpha value is -0.320. The van der Waals surface area contributed by atoms with Crippen LogP contribution in [0.3, 0.4) is 0 Å². The van der Waals surface area contributed by atoms with Crippen LogP contribution in [-0.2, 0) is 0 Å². The van der Waals surface area contributed by atoms with Gasteiger partial charge in [-0.2, -0.15) is 0 Å². The van der Waals surface area contributed by atoms with Crippen molar-refractivity contribution in [1.82, 2.24) is 4.98 Å². The second kappa shape index (κ2) is 4.96. The van der Waals surface area contributed by atoms with Crippen molar-refractivity contribution in [2.45, 2.75) is 13.0 Å². The molecule has 1 aromatic rings. The Labute approximate surface area is 97.4 Å². The molecule has 0 amide bonds. The third-order valence-corrected chi connectivity index (χ3v) is 2.92. The fraction of sp³-hybridized carbons (Fsp3) is 0.444. The molecular weight excluding hydrogens is 265 g/mol. The molecule has 0 aliphatic heterocycles. The molecule has 0 saturated carbocycles. The Morgan fingerprint density at radius 3 is 2.86 bits per heavy atom. The summed E-state index contributed by atoms with van der Waals surface area (Å²) in [6, 6.07) is 2.07. The minimum atomic E-state index is 0.250. The highest BCUT2D eigenvalue weighted by Gasteiger charge is 2.12. The first-order valence-corrected chi connectivity index (χ1v) is 5.47. The summed E-state index contributed by atoms with van der Waals surface area (Å²) in [6.07, 6.45) is 1.63. The van der Waals surface area contributed by atoms with Gasteiger partial charge < -0.3 is 10.6 Å². The zero-order valence-corrected chi connectivity index (χ0v) is 10.5. The summed E-state index contributed by atoms with van der Waals surface area (Å²) in [7, 11) is 1.96. The van der Waals surface area contributed by atoms with E-state index in [1.54, 1.807) is 6.20 Å². The van der Waals surface area contributed by atoms with Gasteiger partial charge in [-0.15, -0.1) is 0 Å². The number of halogens is 2. The van der Waals surface area contributed by atoms with Gasteiger partial charge in [0, 0.05) is 25.8 Å². The third-order valence-electron chi connectivity index (χ3n) is 2.12. The van der Waals surface area contributed by atoms with Crippen molar-refractivity contribution in [2.24, 2.45) is 5.73 Å². The van der Waals surface area contributed by atoms with Gasteiger partial charge in [0.05, 0.1) is 9.50 Å². The Kier molecular flexibility index (Phi) is 4.16. The highest BCUT2D eigenvalue weighted by Crippen LogP contribution is 2.26. The van der Waals surface area contributed by atoms with E-state index in [1.165, 1.54) is 0 Å². The Bertz CT molecular complexity index is 319. The minimum absolute atomic E-state index is 0.250. The van der Waals surface area contributed by atoms with Gasteiger partial charge in [-0.3, -0.25) is 0 Å². The van der Waals surface area contributed by atoms with Gasteiger partial charge >= 0.3 is 0 Å². The molecule has 1 rings (SSSR count). The number of pyridine rings is 1. The number of aromatic nitrogens is 1. The van der Waals surface area contributed by atoms with E-state index in [0.717, 1.165) is 10.3 Å². The van der Waals surface area contributed by atoms with Crippen molar-refractivity contribution in [1.29, 1.82) is 0 Å². The van der Waals surface area contributed by atoms with Gasteiger partial charge in [-0.05, 0) is 28.9 Å². The smallest absolute Gasteiger partial charge is 0.142 e. The lowest BCUT2D eigenvalue weighted by atomic mass is 10.3. The number of anilines is 1. The fourth-order valence-corrected chi connectivity index (χ4v) is 1.95. The first-order valence-electron chi connectivity index (χ1n) is 4.30. The minimum Gasteiger partial charge on any atom is -0.355 e. The van der Waals surface area contributed by atoms with Crippen LogP contribution in [0, 0.1) is 0 Å². The molecule has 3 nitrogen and oxygen atoms in total. The van der Waals surface area contributed by atoms with Gasteiger partial charge in [0.1, 0.15) is 5.82 Å². The van der Waals surface area contributed by atoms with Crippen LogP contribution in [0.4, 0.5) is 5.82 Å². The number of nitrogens with zero attached hydrogens (tertiary/aromatic N) is 2. The molecule has 0 aromatic carbocycles. The molecule has 0 fully saturated rings. The molecule has 2 N–H and O–H groups in total. The summed E-state index contributed by atoms with van der Waals surface area (Å²) in [5.41, 5.74) is 5.58. The zero-order chi connectivity index (χ0) is 10.7. The number of hydrogen-bond donors (Lipinski definition) is 1. The maximum absolute atomic E-state index is 5.80. The molecule has 78 valence electrons. The summed E-state index contributed by atoms with van der Waals surface area (Å²) < 4.78 is 0.882. The predicted octanol–water partition coefficient (Wildman–Crippen LogP) is 2.28. The molecule has 0 bridgehead atoms. The first-order chi connectivity index (χ1) is 6.56. The van der Waals surface area contributed by atoms with E-state index in [-0.39, 0.29) is 6.04 Å². The normalized spacial score (nSPS) is 12.6. The fourth-order valence-electron chi connectivity index (χ4n) is 1.03. The van der Waals surface area contributed by atoms with Crippen molar-refractivity contribution in [2.75, 3.05) is 18.5 Å². The predicted molar refractivity (Wildman–Crippen MR) is 63.9 cm³/mol. The van der Waals surface area contributed by atoms with E-state index in [0.29, 0.717) is 11.6 Å². The number of nitrogens with two attached hydrogens (primary N) is 1. The monoisotopic (exact) mass is 277 g/mol. The Morgan fingerprint density at radius 2 is 2.36 bits per heavy atom. The second-order valence-electron chi connectivity index (χ2n) is 3.15. The van der Waals surface area contributed by atoms with Crippen LogP contribution in [0.15, 0.2) is 16.7 Å². The molecule has 1 atom stereocenters. The van der Waals surface area contributed by atoms with Crippen LogP contribution in [0.1, 0.15) is 6.92 Å². The van der Waals surface area contributed by atoms with E-state index < -0.39 is 0 Å². The lowest BCUT2D eigenvalue weighted by Crippen LogP contribution is -2.35. The van der Waals surface area contributed by atoms with Crippen molar-refractivity contribution in [3.8, 4) is 0 Å². The van der Waals surface area contributed by atoms with Crippen LogP contribution in [-0.4, -0.2) is 24.6 Å². The first kappa shape index (κ1) is 11.8. The van der Waals surface area contributed by atoms with Gasteiger partial charge in [0.25, 0.3) is 0 Å². The number of hydrogen-bond acceptors (Lipinski definition) is 3. The average Bonchev–Trinajstić information content (AvgIpc) is 2.15. The number of likely N-dealkylation sites (N-methyl/N-ethyl adjacent to an activating group) is 1. The van der Waals surface area contributed by atoms with E-state index >= 15 is 0 Å². The Morgan fingerprint density at radius 1 is 1.71 bits per heavy atom. The quantitative estimate of drug-likeness (QED) is 0.922. The van der Waals surface area contributed by atoms with Gasteiger partial charge in [-0.25, -0.2) is 4.98 Å². The molecule has 0 aliphatic rings. The molecule has 5 heteroatoms. The zero-order valence-electron chi connectivity index (χ0n) is 8.17. The SMILES string of the molecule is CC(CN)N(C)c1ncc(Cl)cc1Br. The highest BCUT2D eigenvalue weighted by molar-refractivity contribution is 9.10. The van der Waals surface area contributed by atoms with Gasteiger partial charge in [0.2, 0.25) is 0 Å². The van der Waals surface area contributed by atoms with E-state index in [4.69, 9.17) is 17.3 Å². The van der Waals surface area contributed by atoms with Crippen LogP contribution in [0.25, 0.3) is 0 Å². The molecule has 1 heterocycles. The average molecular weight is 279 g/mol. The highest BCUT2D eigenvalue weighted by atomic mass is 79.9. The topological polar surface area (TPSA) is 42.1 Å². The molecule has 0 spiro atoms. The van der Waals surface area contributed by atoms with E-state index in [9.17, 15) is 0 Å². The summed E-state index contributed by atoms with van der Waals surface area (Å²) in [6.45, 7) is 2.63. The van der Waals surface area contributed by atoms with Crippen LogP contribution in [0.5, 0.6) is 0 Å².